The van der Waals surface area contributed by atoms with Crippen LogP contribution in [0, 0.1) is 0 Å². The summed E-state index contributed by atoms with van der Waals surface area (Å²) in [4.78, 5) is 20.8. The summed E-state index contributed by atoms with van der Waals surface area (Å²) in [5, 5.41) is 4.93. The average Bonchev–Trinajstić information content (AvgIpc) is 2.53. The molecule has 8 nitrogen and oxygen atoms in total. The summed E-state index contributed by atoms with van der Waals surface area (Å²) in [5.74, 6) is -0.493. The average molecular weight is 451 g/mol. The third kappa shape index (κ3) is 8.46. The fraction of sp³-hybridized carbons (Fsp3) is 0.125. The molecule has 0 atom stereocenters. The van der Waals surface area contributed by atoms with Crippen molar-refractivity contribution in [3.8, 4) is 0 Å². The van der Waals surface area contributed by atoms with Gasteiger partial charge in [0.1, 0.15) is 0 Å². The van der Waals surface area contributed by atoms with Crippen molar-refractivity contribution in [2.45, 2.75) is 23.6 Å². The van der Waals surface area contributed by atoms with Crippen LogP contribution in [-0.2, 0) is 28.9 Å². The summed E-state index contributed by atoms with van der Waals surface area (Å²) < 4.78 is 54.9. The predicted molar refractivity (Wildman–Crippen MR) is 103 cm³/mol. The van der Waals surface area contributed by atoms with E-state index in [1.165, 1.54) is 50.2 Å². The molecule has 0 unspecified atom stereocenters. The number of anilines is 2. The Balaban J connectivity index is 0.000000280. The minimum absolute atomic E-state index is 0.00766. The maximum absolute atomic E-state index is 12.4. The van der Waals surface area contributed by atoms with Crippen molar-refractivity contribution < 1.29 is 30.3 Å². The van der Waals surface area contributed by atoms with Gasteiger partial charge in [-0.1, -0.05) is 0 Å². The van der Waals surface area contributed by atoms with Crippen LogP contribution in [0.15, 0.2) is 58.3 Å². The summed E-state index contributed by atoms with van der Waals surface area (Å²) in [7, 11) is -3.25. The van der Waals surface area contributed by atoms with Crippen molar-refractivity contribution in [1.82, 2.24) is 0 Å². The molecule has 0 spiro atoms. The van der Waals surface area contributed by atoms with Crippen molar-refractivity contribution in [2.75, 3.05) is 10.6 Å². The van der Waals surface area contributed by atoms with Crippen LogP contribution in [0.1, 0.15) is 13.8 Å². The fourth-order valence-electron chi connectivity index (χ4n) is 1.81. The summed E-state index contributed by atoms with van der Waals surface area (Å²) in [6.45, 7) is 2.69. The van der Waals surface area contributed by atoms with Crippen molar-refractivity contribution in [1.29, 1.82) is 0 Å². The van der Waals surface area contributed by atoms with Crippen LogP contribution in [0.5, 0.6) is 0 Å². The van der Waals surface area contributed by atoms with Crippen LogP contribution in [0.2, 0.25) is 0 Å². The van der Waals surface area contributed by atoms with Crippen LogP contribution in [0.3, 0.4) is 0 Å². The van der Waals surface area contributed by atoms with E-state index in [0.29, 0.717) is 11.4 Å². The van der Waals surface area contributed by atoms with Crippen molar-refractivity contribution in [3.05, 3.63) is 48.5 Å². The highest BCUT2D eigenvalue weighted by Crippen LogP contribution is 2.17. The van der Waals surface area contributed by atoms with Gasteiger partial charge in [-0.2, -0.15) is 8.42 Å². The molecule has 28 heavy (non-hydrogen) atoms. The van der Waals surface area contributed by atoms with Crippen molar-refractivity contribution >= 4 is 53.1 Å². The summed E-state index contributed by atoms with van der Waals surface area (Å²) in [5.41, 5.74) is 0.950. The maximum atomic E-state index is 12.4. The molecule has 0 radical (unpaired) electrons. The minimum Gasteiger partial charge on any atom is -0.326 e. The molecule has 2 aromatic carbocycles. The quantitative estimate of drug-likeness (QED) is 0.689. The van der Waals surface area contributed by atoms with E-state index in [4.69, 9.17) is 10.7 Å². The Morgan fingerprint density at radius 2 is 1.07 bits per heavy atom. The highest BCUT2D eigenvalue weighted by molar-refractivity contribution is 8.13. The van der Waals surface area contributed by atoms with Gasteiger partial charge in [-0.15, -0.1) is 3.89 Å². The minimum atomic E-state index is -4.66. The van der Waals surface area contributed by atoms with E-state index < -0.39 is 24.2 Å². The number of benzene rings is 2. The Morgan fingerprint density at radius 3 is 1.32 bits per heavy atom. The van der Waals surface area contributed by atoms with Gasteiger partial charge < -0.3 is 10.6 Å². The van der Waals surface area contributed by atoms with Gasteiger partial charge in [0.25, 0.3) is 9.05 Å². The molecule has 0 aromatic heterocycles. The number of carbonyl (C=O) groups excluding carboxylic acids is 2. The lowest BCUT2D eigenvalue weighted by Gasteiger charge is -2.01. The lowest BCUT2D eigenvalue weighted by molar-refractivity contribution is -0.115. The third-order valence-corrected chi connectivity index (χ3v) is 5.12. The molecule has 0 heterocycles. The standard InChI is InChI=1S/C8H8ClNO3S.C8H8FNO3S/c2*1-6(11)10-7-2-4-8(5-3-7)14(9,12)13/h2*2-5H,1H3,(H,10,11). The molecule has 0 fully saturated rings. The van der Waals surface area contributed by atoms with Gasteiger partial charge in [0.05, 0.1) is 9.79 Å². The topological polar surface area (TPSA) is 126 Å². The molecule has 2 amide bonds. The largest absolute Gasteiger partial charge is 0.332 e. The number of rotatable bonds is 4. The zero-order valence-electron chi connectivity index (χ0n) is 14.6. The van der Waals surface area contributed by atoms with Crippen molar-refractivity contribution in [3.63, 3.8) is 0 Å². The Hall–Kier alpha value is -2.50. The van der Waals surface area contributed by atoms with Gasteiger partial charge in [-0.05, 0) is 48.5 Å². The lowest BCUT2D eigenvalue weighted by Crippen LogP contribution is -2.05. The van der Waals surface area contributed by atoms with E-state index >= 15 is 0 Å². The molecule has 2 aromatic rings. The Bertz CT molecular complexity index is 966. The number of carbonyl (C=O) groups is 2. The van der Waals surface area contributed by atoms with E-state index in [2.05, 4.69) is 10.6 Å². The molecule has 12 heteroatoms. The first kappa shape index (κ1) is 23.5. The van der Waals surface area contributed by atoms with Crippen LogP contribution in [0.25, 0.3) is 0 Å². The summed E-state index contributed by atoms with van der Waals surface area (Å²) in [6.07, 6.45) is 0. The molecule has 152 valence electrons. The first-order valence-electron chi connectivity index (χ1n) is 7.43. The molecular formula is C16H16ClFN2O6S2. The number of hydrogen-bond donors (Lipinski definition) is 2. The van der Waals surface area contributed by atoms with Gasteiger partial charge in [-0.25, -0.2) is 8.42 Å². The van der Waals surface area contributed by atoms with Crippen molar-refractivity contribution in [2.24, 2.45) is 0 Å². The summed E-state index contributed by atoms with van der Waals surface area (Å²) >= 11 is 0. The maximum Gasteiger partial charge on any atom is 0.332 e. The molecular weight excluding hydrogens is 435 g/mol. The highest BCUT2D eigenvalue weighted by atomic mass is 35.7. The van der Waals surface area contributed by atoms with E-state index in [-0.39, 0.29) is 16.7 Å². The van der Waals surface area contributed by atoms with E-state index in [1.54, 1.807) is 0 Å². The zero-order valence-corrected chi connectivity index (χ0v) is 17.0. The molecule has 0 aliphatic rings. The highest BCUT2D eigenvalue weighted by Gasteiger charge is 2.11. The first-order valence-corrected chi connectivity index (χ1v) is 11.1. The van der Waals surface area contributed by atoms with Gasteiger partial charge in [-0.3, -0.25) is 9.59 Å². The molecule has 2 rings (SSSR count). The number of nitrogens with one attached hydrogen (secondary N) is 2. The smallest absolute Gasteiger partial charge is 0.326 e. The Kier molecular flexibility index (Phi) is 8.09. The molecule has 0 aliphatic carbocycles. The lowest BCUT2D eigenvalue weighted by atomic mass is 10.3. The Morgan fingerprint density at radius 1 is 0.750 bits per heavy atom. The Labute approximate surface area is 166 Å². The number of amides is 2. The van der Waals surface area contributed by atoms with E-state index in [9.17, 15) is 30.3 Å². The van der Waals surface area contributed by atoms with Crippen LogP contribution in [0.4, 0.5) is 15.3 Å². The molecule has 0 bridgehead atoms. The zero-order chi connectivity index (χ0) is 21.5. The van der Waals surface area contributed by atoms with Gasteiger partial charge in [0.15, 0.2) is 0 Å². The van der Waals surface area contributed by atoms with Crippen LogP contribution < -0.4 is 10.6 Å². The monoisotopic (exact) mass is 450 g/mol. The van der Waals surface area contributed by atoms with E-state index in [1.807, 2.05) is 0 Å². The first-order chi connectivity index (χ1) is 12.8. The van der Waals surface area contributed by atoms with Crippen LogP contribution in [-0.4, -0.2) is 28.6 Å². The van der Waals surface area contributed by atoms with Gasteiger partial charge >= 0.3 is 10.2 Å². The number of halogens is 2. The number of hydrogen-bond acceptors (Lipinski definition) is 6. The normalized spacial score (nSPS) is 11.0. The van der Waals surface area contributed by atoms with Crippen LogP contribution >= 0.6 is 10.7 Å². The molecule has 0 saturated carbocycles. The molecule has 0 saturated heterocycles. The third-order valence-electron chi connectivity index (χ3n) is 2.91. The van der Waals surface area contributed by atoms with Gasteiger partial charge in [0.2, 0.25) is 11.8 Å². The van der Waals surface area contributed by atoms with Gasteiger partial charge in [0, 0.05) is 35.9 Å². The second kappa shape index (κ2) is 9.62. The second-order valence-electron chi connectivity index (χ2n) is 5.29. The SMILES string of the molecule is CC(=O)Nc1ccc(S(=O)(=O)Cl)cc1.CC(=O)Nc1ccc(S(=O)(=O)F)cc1. The summed E-state index contributed by atoms with van der Waals surface area (Å²) in [6, 6.07) is 10.4. The van der Waals surface area contributed by atoms with E-state index in [0.717, 1.165) is 12.1 Å². The molecule has 2 N–H and O–H groups in total. The predicted octanol–water partition coefficient (Wildman–Crippen LogP) is 2.88. The molecule has 0 aliphatic heterocycles. The fourth-order valence-corrected chi connectivity index (χ4v) is 3.04. The second-order valence-corrected chi connectivity index (χ2v) is 9.20.